The molecule has 7 heteroatoms. The molecule has 0 aliphatic carbocycles. The standard InChI is InChI=1S/C13H20N2O4S/c1-18-12-9-19-10-13(12)20(16,17)15-8-7-14-11-5-3-2-4-6-11/h2-6,12-15H,7-10H2,1H3/t12-,13+/m1/s1. The lowest BCUT2D eigenvalue weighted by atomic mass is 10.3. The Morgan fingerprint density at radius 3 is 2.70 bits per heavy atom. The van der Waals surface area contributed by atoms with Crippen molar-refractivity contribution in [2.45, 2.75) is 11.4 Å². The molecule has 1 aliphatic rings. The summed E-state index contributed by atoms with van der Waals surface area (Å²) in [6.45, 7) is 1.35. The van der Waals surface area contributed by atoms with E-state index in [1.54, 1.807) is 0 Å². The highest BCUT2D eigenvalue weighted by atomic mass is 32.2. The quantitative estimate of drug-likeness (QED) is 0.714. The van der Waals surface area contributed by atoms with Crippen LogP contribution in [0.25, 0.3) is 0 Å². The van der Waals surface area contributed by atoms with Gasteiger partial charge in [-0.25, -0.2) is 13.1 Å². The molecular formula is C13H20N2O4S. The molecule has 112 valence electrons. The number of sulfonamides is 1. The van der Waals surface area contributed by atoms with Crippen LogP contribution in [-0.4, -0.2) is 53.2 Å². The lowest BCUT2D eigenvalue weighted by Gasteiger charge is -2.17. The number of methoxy groups -OCH3 is 1. The predicted molar refractivity (Wildman–Crippen MR) is 77.3 cm³/mol. The van der Waals surface area contributed by atoms with E-state index in [4.69, 9.17) is 9.47 Å². The van der Waals surface area contributed by atoms with Crippen molar-refractivity contribution in [1.29, 1.82) is 0 Å². The Balaban J connectivity index is 1.78. The molecule has 1 heterocycles. The molecule has 0 radical (unpaired) electrons. The third kappa shape index (κ3) is 3.92. The number of benzene rings is 1. The number of rotatable bonds is 7. The molecule has 0 unspecified atom stereocenters. The predicted octanol–water partition coefficient (Wildman–Crippen LogP) is 0.432. The molecule has 20 heavy (non-hydrogen) atoms. The molecule has 1 fully saturated rings. The minimum atomic E-state index is -3.42. The van der Waals surface area contributed by atoms with E-state index >= 15 is 0 Å². The van der Waals surface area contributed by atoms with Gasteiger partial charge in [0.1, 0.15) is 11.4 Å². The van der Waals surface area contributed by atoms with Crippen molar-refractivity contribution in [2.75, 3.05) is 38.7 Å². The third-order valence-electron chi connectivity index (χ3n) is 3.21. The fourth-order valence-corrected chi connectivity index (χ4v) is 3.55. The summed E-state index contributed by atoms with van der Waals surface area (Å²) in [4.78, 5) is 0. The highest BCUT2D eigenvalue weighted by Gasteiger charge is 2.38. The molecule has 2 atom stereocenters. The molecule has 1 aromatic rings. The van der Waals surface area contributed by atoms with Gasteiger partial charge in [-0.05, 0) is 12.1 Å². The van der Waals surface area contributed by atoms with Gasteiger partial charge in [-0.15, -0.1) is 0 Å². The second-order valence-corrected chi connectivity index (χ2v) is 6.57. The van der Waals surface area contributed by atoms with Crippen molar-refractivity contribution in [3.8, 4) is 0 Å². The molecule has 0 amide bonds. The van der Waals surface area contributed by atoms with Crippen LogP contribution < -0.4 is 10.0 Å². The lowest BCUT2D eigenvalue weighted by Crippen LogP contribution is -2.43. The number of nitrogens with one attached hydrogen (secondary N) is 2. The Hall–Kier alpha value is -1.15. The first-order chi connectivity index (χ1) is 9.63. The zero-order valence-corrected chi connectivity index (χ0v) is 12.2. The minimum Gasteiger partial charge on any atom is -0.384 e. The van der Waals surface area contributed by atoms with Gasteiger partial charge in [0.25, 0.3) is 0 Å². The monoisotopic (exact) mass is 300 g/mol. The Kier molecular flexibility index (Phi) is 5.36. The smallest absolute Gasteiger partial charge is 0.219 e. The van der Waals surface area contributed by atoms with Gasteiger partial charge in [0.2, 0.25) is 10.0 Å². The molecule has 2 rings (SSSR count). The largest absolute Gasteiger partial charge is 0.384 e. The number of ether oxygens (including phenoxy) is 2. The Labute approximate surface area is 119 Å². The van der Waals surface area contributed by atoms with Crippen LogP contribution >= 0.6 is 0 Å². The summed E-state index contributed by atoms with van der Waals surface area (Å²) in [6.07, 6.45) is -0.394. The molecule has 1 aromatic carbocycles. The second-order valence-electron chi connectivity index (χ2n) is 4.58. The number of anilines is 1. The maximum atomic E-state index is 12.1. The number of para-hydroxylation sites is 1. The Morgan fingerprint density at radius 2 is 2.00 bits per heavy atom. The number of hydrogen-bond donors (Lipinski definition) is 2. The molecule has 2 N–H and O–H groups in total. The first-order valence-electron chi connectivity index (χ1n) is 6.51. The molecule has 1 aliphatic heterocycles. The summed E-state index contributed by atoms with van der Waals surface area (Å²) in [6, 6.07) is 9.64. The van der Waals surface area contributed by atoms with Crippen molar-refractivity contribution in [2.24, 2.45) is 0 Å². The van der Waals surface area contributed by atoms with Crippen LogP contribution in [0.15, 0.2) is 30.3 Å². The molecular weight excluding hydrogens is 280 g/mol. The zero-order chi connectivity index (χ0) is 14.4. The zero-order valence-electron chi connectivity index (χ0n) is 11.4. The summed E-state index contributed by atoms with van der Waals surface area (Å²) < 4.78 is 37.1. The van der Waals surface area contributed by atoms with Crippen LogP contribution in [-0.2, 0) is 19.5 Å². The van der Waals surface area contributed by atoms with Crippen LogP contribution in [0.3, 0.4) is 0 Å². The third-order valence-corrected chi connectivity index (χ3v) is 5.05. The average molecular weight is 300 g/mol. The molecule has 0 saturated carbocycles. The summed E-state index contributed by atoms with van der Waals surface area (Å²) in [5, 5.41) is 2.51. The summed E-state index contributed by atoms with van der Waals surface area (Å²) in [7, 11) is -1.92. The SMILES string of the molecule is CO[C@@H]1COC[C@@H]1S(=O)(=O)NCCNc1ccccc1. The van der Waals surface area contributed by atoms with Crippen molar-refractivity contribution >= 4 is 15.7 Å². The van der Waals surface area contributed by atoms with E-state index in [1.807, 2.05) is 30.3 Å². The van der Waals surface area contributed by atoms with Gasteiger partial charge in [0.05, 0.1) is 13.2 Å². The molecule has 6 nitrogen and oxygen atoms in total. The number of hydrogen-bond acceptors (Lipinski definition) is 5. The first-order valence-corrected chi connectivity index (χ1v) is 8.06. The highest BCUT2D eigenvalue weighted by molar-refractivity contribution is 7.90. The van der Waals surface area contributed by atoms with Gasteiger partial charge in [-0.1, -0.05) is 18.2 Å². The van der Waals surface area contributed by atoms with Crippen LogP contribution in [0.5, 0.6) is 0 Å². The van der Waals surface area contributed by atoms with Gasteiger partial charge < -0.3 is 14.8 Å². The molecule has 1 saturated heterocycles. The van der Waals surface area contributed by atoms with Gasteiger partial charge in [-0.2, -0.15) is 0 Å². The van der Waals surface area contributed by atoms with Crippen LogP contribution in [0.4, 0.5) is 5.69 Å². The van der Waals surface area contributed by atoms with E-state index in [0.717, 1.165) is 5.69 Å². The maximum absolute atomic E-state index is 12.1. The Morgan fingerprint density at radius 1 is 1.25 bits per heavy atom. The molecule has 0 bridgehead atoms. The molecule has 0 spiro atoms. The van der Waals surface area contributed by atoms with E-state index < -0.39 is 21.4 Å². The van der Waals surface area contributed by atoms with Gasteiger partial charge >= 0.3 is 0 Å². The van der Waals surface area contributed by atoms with Crippen LogP contribution in [0, 0.1) is 0 Å². The topological polar surface area (TPSA) is 76.7 Å². The molecule has 0 aromatic heterocycles. The summed E-state index contributed by atoms with van der Waals surface area (Å²) in [5.74, 6) is 0. The minimum absolute atomic E-state index is 0.181. The Bertz CT molecular complexity index is 506. The van der Waals surface area contributed by atoms with Crippen molar-refractivity contribution in [3.63, 3.8) is 0 Å². The normalized spacial score (nSPS) is 22.9. The van der Waals surface area contributed by atoms with Crippen molar-refractivity contribution in [3.05, 3.63) is 30.3 Å². The second kappa shape index (κ2) is 7.03. The first kappa shape index (κ1) is 15.2. The maximum Gasteiger partial charge on any atom is 0.219 e. The van der Waals surface area contributed by atoms with Crippen molar-refractivity contribution < 1.29 is 17.9 Å². The van der Waals surface area contributed by atoms with Crippen molar-refractivity contribution in [1.82, 2.24) is 4.72 Å². The fourth-order valence-electron chi connectivity index (χ4n) is 2.09. The van der Waals surface area contributed by atoms with Crippen LogP contribution in [0.2, 0.25) is 0 Å². The fraction of sp³-hybridized carbons (Fsp3) is 0.538. The van der Waals surface area contributed by atoms with E-state index in [1.165, 1.54) is 7.11 Å². The van der Waals surface area contributed by atoms with E-state index in [-0.39, 0.29) is 6.61 Å². The van der Waals surface area contributed by atoms with Gasteiger partial charge in [-0.3, -0.25) is 0 Å². The highest BCUT2D eigenvalue weighted by Crippen LogP contribution is 2.16. The van der Waals surface area contributed by atoms with Gasteiger partial charge in [0, 0.05) is 25.9 Å². The van der Waals surface area contributed by atoms with E-state index in [9.17, 15) is 8.42 Å². The van der Waals surface area contributed by atoms with E-state index in [0.29, 0.717) is 19.7 Å². The lowest BCUT2D eigenvalue weighted by molar-refractivity contribution is 0.0828. The average Bonchev–Trinajstić information content (AvgIpc) is 2.94. The van der Waals surface area contributed by atoms with E-state index in [2.05, 4.69) is 10.0 Å². The summed E-state index contributed by atoms with van der Waals surface area (Å²) in [5.41, 5.74) is 0.964. The summed E-state index contributed by atoms with van der Waals surface area (Å²) >= 11 is 0. The van der Waals surface area contributed by atoms with Gasteiger partial charge in [0.15, 0.2) is 0 Å². The van der Waals surface area contributed by atoms with Crippen LogP contribution in [0.1, 0.15) is 0 Å².